The molecule has 0 radical (unpaired) electrons. The van der Waals surface area contributed by atoms with E-state index in [-0.39, 0.29) is 18.1 Å². The van der Waals surface area contributed by atoms with Crippen molar-refractivity contribution < 1.29 is 20.1 Å². The maximum absolute atomic E-state index is 10.4. The molecule has 2 aromatic carbocycles. The van der Waals surface area contributed by atoms with Gasteiger partial charge in [-0.25, -0.2) is 0 Å². The van der Waals surface area contributed by atoms with Gasteiger partial charge < -0.3 is 20.1 Å². The Morgan fingerprint density at radius 3 is 1.77 bits per heavy atom. The third-order valence-corrected chi connectivity index (χ3v) is 3.68. The highest BCUT2D eigenvalue weighted by Gasteiger charge is 2.14. The van der Waals surface area contributed by atoms with Gasteiger partial charge in [-0.1, -0.05) is 35.4 Å². The molecular formula is C18H22O4. The largest absolute Gasteiger partial charge is 0.507 e. The zero-order valence-corrected chi connectivity index (χ0v) is 13.2. The summed E-state index contributed by atoms with van der Waals surface area (Å²) < 4.78 is 5.11. The number of hydrogen-bond acceptors (Lipinski definition) is 4. The van der Waals surface area contributed by atoms with Crippen LogP contribution < -0.4 is 0 Å². The second kappa shape index (κ2) is 6.81. The highest BCUT2D eigenvalue weighted by atomic mass is 16.5. The molecule has 118 valence electrons. The predicted molar refractivity (Wildman–Crippen MR) is 85.1 cm³/mol. The Labute approximate surface area is 130 Å². The number of rotatable bonds is 5. The van der Waals surface area contributed by atoms with E-state index >= 15 is 0 Å². The fraction of sp³-hybridized carbons (Fsp3) is 0.333. The molecule has 3 N–H and O–H groups in total. The molecule has 4 nitrogen and oxygen atoms in total. The van der Waals surface area contributed by atoms with Gasteiger partial charge in [0, 0.05) is 24.7 Å². The van der Waals surface area contributed by atoms with Gasteiger partial charge >= 0.3 is 0 Å². The van der Waals surface area contributed by atoms with Crippen LogP contribution in [0.2, 0.25) is 0 Å². The number of phenols is 2. The molecule has 2 aromatic rings. The number of hydrogen-bond donors (Lipinski definition) is 3. The SMILES string of the molecule is COCc1cc(C)cc(Cc2cc(C)cc(CO)c2O)c1O. The van der Waals surface area contributed by atoms with Crippen molar-refractivity contribution in [1.82, 2.24) is 0 Å². The van der Waals surface area contributed by atoms with Gasteiger partial charge in [-0.3, -0.25) is 0 Å². The average Bonchev–Trinajstić information content (AvgIpc) is 2.47. The van der Waals surface area contributed by atoms with E-state index in [2.05, 4.69) is 0 Å². The zero-order chi connectivity index (χ0) is 16.3. The Hall–Kier alpha value is -2.04. The number of benzene rings is 2. The second-order valence-corrected chi connectivity index (χ2v) is 5.63. The maximum atomic E-state index is 10.4. The van der Waals surface area contributed by atoms with Gasteiger partial charge in [0.25, 0.3) is 0 Å². The van der Waals surface area contributed by atoms with E-state index in [1.165, 1.54) is 0 Å². The van der Waals surface area contributed by atoms with Crippen LogP contribution in [0, 0.1) is 13.8 Å². The Bertz CT molecular complexity index is 677. The predicted octanol–water partition coefficient (Wildman–Crippen LogP) is 2.94. The van der Waals surface area contributed by atoms with Crippen molar-refractivity contribution in [1.29, 1.82) is 0 Å². The van der Waals surface area contributed by atoms with Crippen molar-refractivity contribution in [2.45, 2.75) is 33.5 Å². The molecule has 0 bridgehead atoms. The van der Waals surface area contributed by atoms with Crippen LogP contribution >= 0.6 is 0 Å². The number of ether oxygens (including phenoxy) is 1. The first-order valence-electron chi connectivity index (χ1n) is 7.18. The summed E-state index contributed by atoms with van der Waals surface area (Å²) in [6.07, 6.45) is 0.394. The van der Waals surface area contributed by atoms with E-state index in [0.29, 0.717) is 24.2 Å². The highest BCUT2D eigenvalue weighted by Crippen LogP contribution is 2.32. The summed E-state index contributed by atoms with van der Waals surface area (Å²) in [4.78, 5) is 0. The summed E-state index contributed by atoms with van der Waals surface area (Å²) >= 11 is 0. The minimum absolute atomic E-state index is 0.0855. The van der Waals surface area contributed by atoms with E-state index in [4.69, 9.17) is 4.74 Å². The van der Waals surface area contributed by atoms with Crippen molar-refractivity contribution >= 4 is 0 Å². The first kappa shape index (κ1) is 16.3. The highest BCUT2D eigenvalue weighted by molar-refractivity contribution is 5.50. The van der Waals surface area contributed by atoms with Gasteiger partial charge in [0.15, 0.2) is 0 Å². The molecule has 0 aliphatic rings. The quantitative estimate of drug-likeness (QED) is 0.794. The lowest BCUT2D eigenvalue weighted by Crippen LogP contribution is -1.98. The summed E-state index contributed by atoms with van der Waals surface area (Å²) in [5.41, 5.74) is 4.63. The summed E-state index contributed by atoms with van der Waals surface area (Å²) in [5.74, 6) is 0.279. The Balaban J connectivity index is 2.45. The van der Waals surface area contributed by atoms with E-state index in [1.54, 1.807) is 13.2 Å². The van der Waals surface area contributed by atoms with Crippen molar-refractivity contribution in [2.24, 2.45) is 0 Å². The smallest absolute Gasteiger partial charge is 0.124 e. The molecular weight excluding hydrogens is 280 g/mol. The van der Waals surface area contributed by atoms with Gasteiger partial charge in [0.05, 0.1) is 13.2 Å². The minimum atomic E-state index is -0.213. The summed E-state index contributed by atoms with van der Waals surface area (Å²) in [6.45, 7) is 3.99. The van der Waals surface area contributed by atoms with Gasteiger partial charge in [0.2, 0.25) is 0 Å². The van der Waals surface area contributed by atoms with Crippen LogP contribution in [0.4, 0.5) is 0 Å². The molecule has 0 aromatic heterocycles. The number of methoxy groups -OCH3 is 1. The fourth-order valence-electron chi connectivity index (χ4n) is 2.73. The minimum Gasteiger partial charge on any atom is -0.507 e. The van der Waals surface area contributed by atoms with E-state index in [9.17, 15) is 15.3 Å². The number of aryl methyl sites for hydroxylation is 2. The fourth-order valence-corrected chi connectivity index (χ4v) is 2.73. The van der Waals surface area contributed by atoms with Crippen LogP contribution in [-0.2, 0) is 24.4 Å². The number of aliphatic hydroxyl groups is 1. The van der Waals surface area contributed by atoms with Gasteiger partial charge in [0.1, 0.15) is 11.5 Å². The topological polar surface area (TPSA) is 69.9 Å². The lowest BCUT2D eigenvalue weighted by molar-refractivity contribution is 0.182. The van der Waals surface area contributed by atoms with Crippen molar-refractivity contribution in [2.75, 3.05) is 7.11 Å². The van der Waals surface area contributed by atoms with Crippen LogP contribution in [0.3, 0.4) is 0 Å². The molecule has 2 rings (SSSR count). The molecule has 0 spiro atoms. The molecule has 0 heterocycles. The number of phenolic OH excluding ortho intramolecular Hbond substituents is 1. The van der Waals surface area contributed by atoms with Crippen LogP contribution in [0.25, 0.3) is 0 Å². The molecule has 0 unspecified atom stereocenters. The van der Waals surface area contributed by atoms with Crippen LogP contribution in [0.15, 0.2) is 24.3 Å². The molecule has 0 aliphatic carbocycles. The molecule has 0 amide bonds. The molecule has 0 atom stereocenters. The maximum Gasteiger partial charge on any atom is 0.124 e. The normalized spacial score (nSPS) is 10.9. The molecule has 0 aliphatic heterocycles. The lowest BCUT2D eigenvalue weighted by Gasteiger charge is -2.14. The van der Waals surface area contributed by atoms with Crippen LogP contribution in [-0.4, -0.2) is 22.4 Å². The molecule has 0 saturated carbocycles. The summed E-state index contributed by atoms with van der Waals surface area (Å²) in [5, 5.41) is 29.9. The van der Waals surface area contributed by atoms with Crippen LogP contribution in [0.1, 0.15) is 33.4 Å². The molecule has 4 heteroatoms. The number of aliphatic hydroxyl groups excluding tert-OH is 1. The number of aromatic hydroxyl groups is 2. The Morgan fingerprint density at radius 1 is 0.818 bits per heavy atom. The van der Waals surface area contributed by atoms with Gasteiger partial charge in [-0.2, -0.15) is 0 Å². The first-order chi connectivity index (χ1) is 10.5. The lowest BCUT2D eigenvalue weighted by atomic mass is 9.96. The standard InChI is InChI=1S/C18H22O4/c1-11-4-13(17(20)15(6-11)9-19)8-14-5-12(2)7-16(10-22-3)18(14)21/h4-7,19-21H,8-10H2,1-3H3. The molecule has 0 saturated heterocycles. The average molecular weight is 302 g/mol. The van der Waals surface area contributed by atoms with Crippen LogP contribution in [0.5, 0.6) is 11.5 Å². The summed E-state index contributed by atoms with van der Waals surface area (Å²) in [6, 6.07) is 7.41. The van der Waals surface area contributed by atoms with Gasteiger partial charge in [-0.05, 0) is 25.0 Å². The van der Waals surface area contributed by atoms with E-state index in [1.807, 2.05) is 32.0 Å². The molecule has 22 heavy (non-hydrogen) atoms. The Morgan fingerprint density at radius 2 is 1.27 bits per heavy atom. The van der Waals surface area contributed by atoms with Gasteiger partial charge in [-0.15, -0.1) is 0 Å². The van der Waals surface area contributed by atoms with Crippen molar-refractivity contribution in [3.05, 3.63) is 57.6 Å². The van der Waals surface area contributed by atoms with Crippen molar-refractivity contribution in [3.8, 4) is 11.5 Å². The molecule has 0 fully saturated rings. The van der Waals surface area contributed by atoms with E-state index in [0.717, 1.165) is 22.3 Å². The summed E-state index contributed by atoms with van der Waals surface area (Å²) in [7, 11) is 1.58. The van der Waals surface area contributed by atoms with Crippen molar-refractivity contribution in [3.63, 3.8) is 0 Å². The third-order valence-electron chi connectivity index (χ3n) is 3.68. The third kappa shape index (κ3) is 3.40. The first-order valence-corrected chi connectivity index (χ1v) is 7.18. The monoisotopic (exact) mass is 302 g/mol. The zero-order valence-electron chi connectivity index (χ0n) is 13.2. The Kier molecular flexibility index (Phi) is 5.06. The second-order valence-electron chi connectivity index (χ2n) is 5.63. The van der Waals surface area contributed by atoms with E-state index < -0.39 is 0 Å².